The first-order chi connectivity index (χ1) is 7.13. The zero-order valence-corrected chi connectivity index (χ0v) is 8.68. The molecule has 0 amide bonds. The van der Waals surface area contributed by atoms with Crippen LogP contribution >= 0.6 is 0 Å². The highest BCUT2D eigenvalue weighted by atomic mass is 16.9. The molecule has 0 aliphatic carbocycles. The number of hydrogen-bond donors (Lipinski definition) is 1. The first-order valence-electron chi connectivity index (χ1n) is 5.12. The van der Waals surface area contributed by atoms with Crippen molar-refractivity contribution in [2.45, 2.75) is 44.9 Å². The van der Waals surface area contributed by atoms with Crippen molar-refractivity contribution in [3.05, 3.63) is 10.1 Å². The van der Waals surface area contributed by atoms with Crippen LogP contribution in [0.4, 0.5) is 0 Å². The molecule has 0 saturated carbocycles. The minimum Gasteiger partial charge on any atom is -0.481 e. The molecule has 0 rings (SSSR count). The zero-order chi connectivity index (χ0) is 11.5. The van der Waals surface area contributed by atoms with E-state index in [0.717, 1.165) is 25.7 Å². The van der Waals surface area contributed by atoms with Crippen LogP contribution in [0.1, 0.15) is 44.9 Å². The molecule has 0 saturated heterocycles. The highest BCUT2D eigenvalue weighted by Gasteiger charge is 1.97. The summed E-state index contributed by atoms with van der Waals surface area (Å²) in [5.74, 6) is -0.755. The van der Waals surface area contributed by atoms with Crippen molar-refractivity contribution in [2.75, 3.05) is 6.61 Å². The summed E-state index contributed by atoms with van der Waals surface area (Å²) < 4.78 is 0. The number of aliphatic carboxylic acids is 1. The van der Waals surface area contributed by atoms with Crippen LogP contribution in [0.5, 0.6) is 0 Å². The second-order valence-corrected chi connectivity index (χ2v) is 3.32. The van der Waals surface area contributed by atoms with Gasteiger partial charge in [0.2, 0.25) is 0 Å². The van der Waals surface area contributed by atoms with E-state index < -0.39 is 11.1 Å². The molecule has 0 aromatic heterocycles. The Bertz CT molecular complexity index is 175. The minimum absolute atomic E-state index is 0.155. The van der Waals surface area contributed by atoms with Crippen LogP contribution in [0.25, 0.3) is 0 Å². The molecule has 0 aliphatic heterocycles. The van der Waals surface area contributed by atoms with Gasteiger partial charge in [-0.05, 0) is 12.8 Å². The maximum atomic E-state index is 10.2. The van der Waals surface area contributed by atoms with Crippen LogP contribution in [0.3, 0.4) is 0 Å². The predicted octanol–water partition coefficient (Wildman–Crippen LogP) is 2.01. The molecule has 88 valence electrons. The van der Waals surface area contributed by atoms with Crippen molar-refractivity contribution in [3.8, 4) is 0 Å². The molecule has 0 spiro atoms. The highest BCUT2D eigenvalue weighted by Crippen LogP contribution is 2.07. The quantitative estimate of drug-likeness (QED) is 0.345. The lowest BCUT2D eigenvalue weighted by molar-refractivity contribution is -0.757. The first kappa shape index (κ1) is 13.7. The topological polar surface area (TPSA) is 89.7 Å². The van der Waals surface area contributed by atoms with Gasteiger partial charge in [-0.3, -0.25) is 4.79 Å². The fourth-order valence-corrected chi connectivity index (χ4v) is 1.22. The van der Waals surface area contributed by atoms with E-state index in [4.69, 9.17) is 5.11 Å². The maximum Gasteiger partial charge on any atom is 0.303 e. The molecule has 1 N–H and O–H groups in total. The zero-order valence-electron chi connectivity index (χ0n) is 8.68. The smallest absolute Gasteiger partial charge is 0.303 e. The van der Waals surface area contributed by atoms with Gasteiger partial charge in [-0.1, -0.05) is 25.7 Å². The summed E-state index contributed by atoms with van der Waals surface area (Å²) in [5.41, 5.74) is 0. The third-order valence-electron chi connectivity index (χ3n) is 1.98. The van der Waals surface area contributed by atoms with E-state index in [1.807, 2.05) is 0 Å². The van der Waals surface area contributed by atoms with Gasteiger partial charge in [-0.15, -0.1) is 10.1 Å². The molecular formula is C9H17NO5. The van der Waals surface area contributed by atoms with E-state index in [2.05, 4.69) is 4.84 Å². The van der Waals surface area contributed by atoms with Gasteiger partial charge in [-0.2, -0.15) is 0 Å². The van der Waals surface area contributed by atoms with Gasteiger partial charge in [0.05, 0.1) is 6.61 Å². The summed E-state index contributed by atoms with van der Waals surface area (Å²) in [7, 11) is 0. The number of nitrogens with zero attached hydrogens (tertiary/aromatic N) is 1. The molecule has 0 unspecified atom stereocenters. The third-order valence-corrected chi connectivity index (χ3v) is 1.98. The molecule has 0 bridgehead atoms. The van der Waals surface area contributed by atoms with Crippen LogP contribution < -0.4 is 0 Å². The normalized spacial score (nSPS) is 9.87. The Labute approximate surface area is 88.3 Å². The van der Waals surface area contributed by atoms with E-state index >= 15 is 0 Å². The Balaban J connectivity index is 2.99. The summed E-state index contributed by atoms with van der Waals surface area (Å²) >= 11 is 0. The van der Waals surface area contributed by atoms with Gasteiger partial charge in [0.25, 0.3) is 5.09 Å². The van der Waals surface area contributed by atoms with Crippen LogP contribution in [-0.2, 0) is 9.63 Å². The fraction of sp³-hybridized carbons (Fsp3) is 0.889. The Morgan fingerprint density at radius 1 is 1.13 bits per heavy atom. The van der Waals surface area contributed by atoms with Crippen LogP contribution in [0.15, 0.2) is 0 Å². The second-order valence-electron chi connectivity index (χ2n) is 3.32. The molecule has 0 fully saturated rings. The monoisotopic (exact) mass is 219 g/mol. The highest BCUT2D eigenvalue weighted by molar-refractivity contribution is 5.66. The largest absolute Gasteiger partial charge is 0.481 e. The number of carbonyl (C=O) groups is 1. The van der Waals surface area contributed by atoms with Crippen LogP contribution in [0, 0.1) is 10.1 Å². The van der Waals surface area contributed by atoms with E-state index in [-0.39, 0.29) is 13.0 Å². The molecule has 6 nitrogen and oxygen atoms in total. The molecule has 6 heteroatoms. The summed E-state index contributed by atoms with van der Waals surface area (Å²) in [6.07, 6.45) is 5.36. The SMILES string of the molecule is O=C(O)CCCCCCCCO[N+](=O)[O-]. The lowest BCUT2D eigenvalue weighted by Crippen LogP contribution is -2.01. The first-order valence-corrected chi connectivity index (χ1v) is 5.12. The molecular weight excluding hydrogens is 202 g/mol. The van der Waals surface area contributed by atoms with Gasteiger partial charge in [-0.25, -0.2) is 0 Å². The Kier molecular flexibility index (Phi) is 8.42. The van der Waals surface area contributed by atoms with Gasteiger partial charge in [0.1, 0.15) is 0 Å². The summed E-state index contributed by atoms with van der Waals surface area (Å²) in [6, 6.07) is 0. The van der Waals surface area contributed by atoms with Gasteiger partial charge in [0.15, 0.2) is 0 Å². The standard InChI is InChI=1S/C9H17NO5/c11-9(12)7-5-3-1-2-4-6-8-15-10(13)14/h1-8H2,(H,11,12). The summed E-state index contributed by atoms with van der Waals surface area (Å²) in [6.45, 7) is 0.155. The molecule has 0 atom stereocenters. The average molecular weight is 219 g/mol. The van der Waals surface area contributed by atoms with Crippen molar-refractivity contribution in [1.82, 2.24) is 0 Å². The fourth-order valence-electron chi connectivity index (χ4n) is 1.22. The number of carboxylic acid groups (broad SMARTS) is 1. The van der Waals surface area contributed by atoms with Gasteiger partial charge < -0.3 is 9.94 Å². The van der Waals surface area contributed by atoms with Gasteiger partial charge in [0, 0.05) is 6.42 Å². The number of unbranched alkanes of at least 4 members (excludes halogenated alkanes) is 5. The number of rotatable bonds is 10. The third kappa shape index (κ3) is 12.7. The van der Waals surface area contributed by atoms with Crippen molar-refractivity contribution >= 4 is 5.97 Å². The average Bonchev–Trinajstić information content (AvgIpc) is 2.14. The molecule has 0 aliphatic rings. The summed E-state index contributed by atoms with van der Waals surface area (Å²) in [4.78, 5) is 24.1. The predicted molar refractivity (Wildman–Crippen MR) is 52.9 cm³/mol. The lowest BCUT2D eigenvalue weighted by atomic mass is 10.1. The molecule has 0 radical (unpaired) electrons. The minimum atomic E-state index is -0.785. The Morgan fingerprint density at radius 3 is 2.20 bits per heavy atom. The number of carboxylic acids is 1. The molecule has 0 aromatic rings. The Hall–Kier alpha value is -1.33. The number of hydrogen-bond acceptors (Lipinski definition) is 4. The van der Waals surface area contributed by atoms with Crippen LogP contribution in [-0.4, -0.2) is 22.8 Å². The van der Waals surface area contributed by atoms with Crippen molar-refractivity contribution in [3.63, 3.8) is 0 Å². The van der Waals surface area contributed by atoms with Gasteiger partial charge >= 0.3 is 5.97 Å². The van der Waals surface area contributed by atoms with Crippen molar-refractivity contribution < 1.29 is 19.8 Å². The lowest BCUT2D eigenvalue weighted by Gasteiger charge is -2.00. The summed E-state index contributed by atoms with van der Waals surface area (Å²) in [5, 5.41) is 17.3. The Morgan fingerprint density at radius 2 is 1.67 bits per heavy atom. The van der Waals surface area contributed by atoms with Crippen molar-refractivity contribution in [2.24, 2.45) is 0 Å². The van der Waals surface area contributed by atoms with E-state index in [9.17, 15) is 14.9 Å². The molecule has 15 heavy (non-hydrogen) atoms. The maximum absolute atomic E-state index is 10.2. The van der Waals surface area contributed by atoms with E-state index in [1.54, 1.807) is 0 Å². The molecule has 0 heterocycles. The van der Waals surface area contributed by atoms with Crippen LogP contribution in [0.2, 0.25) is 0 Å². The van der Waals surface area contributed by atoms with Crippen molar-refractivity contribution in [1.29, 1.82) is 0 Å². The van der Waals surface area contributed by atoms with E-state index in [1.165, 1.54) is 0 Å². The second kappa shape index (κ2) is 9.23. The molecule has 0 aromatic carbocycles. The van der Waals surface area contributed by atoms with E-state index in [0.29, 0.717) is 12.8 Å².